The number of carbonyl (C=O) groups is 1. The minimum atomic E-state index is -6.45. The van der Waals surface area contributed by atoms with E-state index in [-0.39, 0.29) is 26.8 Å². The molecule has 0 saturated heterocycles. The fourth-order valence-corrected chi connectivity index (χ4v) is 4.55. The lowest BCUT2D eigenvalue weighted by Crippen LogP contribution is -2.51. The second-order valence-electron chi connectivity index (χ2n) is 8.42. The van der Waals surface area contributed by atoms with Crippen LogP contribution in [0.25, 0.3) is 16.9 Å². The van der Waals surface area contributed by atoms with Crippen molar-refractivity contribution in [2.75, 3.05) is 0 Å². The summed E-state index contributed by atoms with van der Waals surface area (Å²) < 4.78 is 109. The predicted octanol–water partition coefficient (Wildman–Crippen LogP) is 6.76. The van der Waals surface area contributed by atoms with E-state index in [2.05, 4.69) is 26.3 Å². The minimum Gasteiger partial charge on any atom is -0.334 e. The molecule has 0 bridgehead atoms. The van der Waals surface area contributed by atoms with Gasteiger partial charge in [-0.1, -0.05) is 17.7 Å². The van der Waals surface area contributed by atoms with E-state index in [0.29, 0.717) is 18.4 Å². The number of alkyl halides is 8. The van der Waals surface area contributed by atoms with Crippen LogP contribution < -0.4 is 5.32 Å². The Bertz CT molecular complexity index is 1440. The summed E-state index contributed by atoms with van der Waals surface area (Å²) in [6.07, 6.45) is -9.71. The molecule has 3 aromatic rings. The summed E-state index contributed by atoms with van der Waals surface area (Å²) in [5.41, 5.74) is -8.39. The monoisotopic (exact) mass is 629 g/mol. The van der Waals surface area contributed by atoms with Crippen LogP contribution in [0.1, 0.15) is 28.9 Å². The summed E-state index contributed by atoms with van der Waals surface area (Å²) in [5, 5.41) is 15.7. The number of halogens is 10. The van der Waals surface area contributed by atoms with Crippen LogP contribution in [-0.4, -0.2) is 38.1 Å². The highest BCUT2D eigenvalue weighted by atomic mass is 79.9. The molecule has 2 heterocycles. The zero-order valence-electron chi connectivity index (χ0n) is 18.6. The van der Waals surface area contributed by atoms with Gasteiger partial charge in [-0.15, -0.1) is 0 Å². The molecule has 1 N–H and O–H groups in total. The zero-order valence-corrected chi connectivity index (χ0v) is 20.9. The smallest absolute Gasteiger partial charge is 0.334 e. The number of nitrogens with zero attached hydrogens (tertiary/aromatic N) is 4. The Morgan fingerprint density at radius 1 is 1.13 bits per heavy atom. The molecule has 0 unspecified atom stereocenters. The Morgan fingerprint density at radius 2 is 1.76 bits per heavy atom. The van der Waals surface area contributed by atoms with Gasteiger partial charge in [0.25, 0.3) is 5.91 Å². The summed E-state index contributed by atoms with van der Waals surface area (Å²) in [4.78, 5) is 12.6. The first-order chi connectivity index (χ1) is 17.6. The third kappa shape index (κ3) is 4.53. The highest BCUT2D eigenvalue weighted by Crippen LogP contribution is 2.54. The Labute approximate surface area is 221 Å². The van der Waals surface area contributed by atoms with Crippen molar-refractivity contribution in [3.63, 3.8) is 0 Å². The number of hydrogen-bond acceptors (Lipinski definition) is 3. The maximum Gasteiger partial charge on any atom is 0.437 e. The number of hydrogen-bond donors (Lipinski definition) is 1. The predicted molar refractivity (Wildman–Crippen MR) is 121 cm³/mol. The molecular weight excluding hydrogens is 618 g/mol. The first-order valence-corrected chi connectivity index (χ1v) is 11.6. The van der Waals surface area contributed by atoms with Crippen LogP contribution in [0.2, 0.25) is 5.02 Å². The van der Waals surface area contributed by atoms with Crippen molar-refractivity contribution in [3.8, 4) is 23.0 Å². The molecule has 1 amide bonds. The van der Waals surface area contributed by atoms with Crippen molar-refractivity contribution in [1.82, 2.24) is 19.7 Å². The standard InChI is InChI=1S/C22H13BrClF8N5O/c23-14-6-16(20(26,21(27,28)29)22(30,31)32)36(10-25)18(14)37-8-12(7-34-37)11-1-2-15(24)13(5-11)17(38)35-19(9-33)3-4-19/h1-2,5-8H,3-4,10H2,(H,35,38). The normalized spacial score (nSPS) is 15.3. The number of rotatable bonds is 6. The van der Waals surface area contributed by atoms with E-state index in [4.69, 9.17) is 11.6 Å². The van der Waals surface area contributed by atoms with Crippen molar-refractivity contribution in [3.05, 3.63) is 57.4 Å². The van der Waals surface area contributed by atoms with Crippen LogP contribution in [0.15, 0.2) is 41.1 Å². The van der Waals surface area contributed by atoms with Crippen LogP contribution in [-0.2, 0) is 12.5 Å². The van der Waals surface area contributed by atoms with Crippen LogP contribution in [0.5, 0.6) is 0 Å². The topological polar surface area (TPSA) is 75.6 Å². The lowest BCUT2D eigenvalue weighted by atomic mass is 10.0. The van der Waals surface area contributed by atoms with E-state index < -0.39 is 52.3 Å². The molecule has 1 aliphatic rings. The SMILES string of the molecule is N#CC1(NC(=O)c2cc(-c3cnn(-c4c(Br)cc(C(F)(C(F)(F)F)C(F)(F)F)n4CF)c3)ccc2Cl)CC1. The van der Waals surface area contributed by atoms with Crippen LogP contribution in [0.3, 0.4) is 0 Å². The van der Waals surface area contributed by atoms with E-state index in [1.165, 1.54) is 18.2 Å². The number of carbonyl (C=O) groups excluding carboxylic acids is 1. The molecule has 1 saturated carbocycles. The lowest BCUT2D eigenvalue weighted by molar-refractivity contribution is -0.350. The zero-order chi connectivity index (χ0) is 28.3. The minimum absolute atomic E-state index is 0.00777. The van der Waals surface area contributed by atoms with Crippen molar-refractivity contribution < 1.29 is 39.9 Å². The van der Waals surface area contributed by atoms with Gasteiger partial charge in [0.05, 0.1) is 33.0 Å². The average Bonchev–Trinajstić information content (AvgIpc) is 3.28. The molecule has 2 aromatic heterocycles. The first kappa shape index (κ1) is 27.9. The lowest BCUT2D eigenvalue weighted by Gasteiger charge is -2.30. The van der Waals surface area contributed by atoms with Gasteiger partial charge < -0.3 is 5.32 Å². The van der Waals surface area contributed by atoms with E-state index in [1.807, 2.05) is 6.07 Å². The van der Waals surface area contributed by atoms with Crippen molar-refractivity contribution >= 4 is 33.4 Å². The summed E-state index contributed by atoms with van der Waals surface area (Å²) in [6.45, 7) is -1.95. The van der Waals surface area contributed by atoms with Crippen LogP contribution >= 0.6 is 27.5 Å². The maximum atomic E-state index is 14.7. The molecular formula is C22H13BrClF8N5O. The molecule has 0 atom stereocenters. The molecule has 4 rings (SSSR count). The second kappa shape index (κ2) is 9.26. The Hall–Kier alpha value is -3.12. The molecule has 6 nitrogen and oxygen atoms in total. The second-order valence-corrected chi connectivity index (χ2v) is 9.68. The molecule has 16 heteroatoms. The fourth-order valence-electron chi connectivity index (χ4n) is 3.74. The highest BCUT2D eigenvalue weighted by molar-refractivity contribution is 9.10. The summed E-state index contributed by atoms with van der Waals surface area (Å²) >= 11 is 8.89. The number of nitrogens with one attached hydrogen (secondary N) is 1. The average molecular weight is 631 g/mol. The molecule has 1 fully saturated rings. The number of benzene rings is 1. The quantitative estimate of drug-likeness (QED) is 0.306. The van der Waals surface area contributed by atoms with Gasteiger partial charge in [-0.2, -0.15) is 36.7 Å². The van der Waals surface area contributed by atoms with Crippen molar-refractivity contribution in [2.24, 2.45) is 0 Å². The third-order valence-electron chi connectivity index (χ3n) is 5.94. The molecule has 0 aliphatic heterocycles. The molecule has 1 aliphatic carbocycles. The number of nitriles is 1. The third-order valence-corrected chi connectivity index (χ3v) is 6.85. The molecule has 0 radical (unpaired) electrons. The van der Waals surface area contributed by atoms with Crippen LogP contribution in [0.4, 0.5) is 35.1 Å². The van der Waals surface area contributed by atoms with Gasteiger partial charge in [-0.05, 0) is 52.5 Å². The summed E-state index contributed by atoms with van der Waals surface area (Å²) in [7, 11) is 0. The molecule has 38 heavy (non-hydrogen) atoms. The van der Waals surface area contributed by atoms with Gasteiger partial charge in [0.1, 0.15) is 5.54 Å². The Kier molecular flexibility index (Phi) is 6.80. The van der Waals surface area contributed by atoms with Crippen molar-refractivity contribution in [1.29, 1.82) is 5.26 Å². The number of amides is 1. The van der Waals surface area contributed by atoms with E-state index in [9.17, 15) is 45.2 Å². The van der Waals surface area contributed by atoms with E-state index >= 15 is 0 Å². The number of aromatic nitrogens is 3. The van der Waals surface area contributed by atoms with Gasteiger partial charge in [-0.3, -0.25) is 9.36 Å². The van der Waals surface area contributed by atoms with Crippen LogP contribution in [0, 0.1) is 11.3 Å². The highest BCUT2D eigenvalue weighted by Gasteiger charge is 2.75. The van der Waals surface area contributed by atoms with Gasteiger partial charge in [0.2, 0.25) is 0 Å². The van der Waals surface area contributed by atoms with Gasteiger partial charge in [-0.25, -0.2) is 13.5 Å². The molecule has 202 valence electrons. The Balaban J connectivity index is 1.75. The van der Waals surface area contributed by atoms with E-state index in [0.717, 1.165) is 17.1 Å². The Morgan fingerprint density at radius 3 is 2.29 bits per heavy atom. The molecule has 0 spiro atoms. The summed E-state index contributed by atoms with van der Waals surface area (Å²) in [5.74, 6) is -1.29. The first-order valence-electron chi connectivity index (χ1n) is 10.4. The largest absolute Gasteiger partial charge is 0.437 e. The molecule has 1 aromatic carbocycles. The van der Waals surface area contributed by atoms with Gasteiger partial charge >= 0.3 is 18.0 Å². The van der Waals surface area contributed by atoms with Gasteiger partial charge in [0.15, 0.2) is 12.6 Å². The van der Waals surface area contributed by atoms with Crippen molar-refractivity contribution in [2.45, 2.75) is 43.2 Å². The van der Waals surface area contributed by atoms with E-state index in [1.54, 1.807) is 0 Å². The van der Waals surface area contributed by atoms with Gasteiger partial charge in [0, 0.05) is 11.8 Å². The maximum absolute atomic E-state index is 14.7. The fraction of sp³-hybridized carbons (Fsp3) is 0.318. The summed E-state index contributed by atoms with van der Waals surface area (Å²) in [6, 6.07) is 6.32.